The van der Waals surface area contributed by atoms with Crippen LogP contribution >= 0.6 is 0 Å². The predicted molar refractivity (Wildman–Crippen MR) is 114 cm³/mol. The van der Waals surface area contributed by atoms with E-state index in [1.165, 1.54) is 11.4 Å². The van der Waals surface area contributed by atoms with Gasteiger partial charge in [-0.05, 0) is 36.4 Å². The number of aromatic nitrogens is 3. The molecular weight excluding hydrogens is 346 g/mol. The molecule has 0 aliphatic carbocycles. The number of nitrogens with zero attached hydrogens (tertiary/aromatic N) is 5. The Hall–Kier alpha value is -3.47. The summed E-state index contributed by atoms with van der Waals surface area (Å²) >= 11 is 0. The molecule has 5 rings (SSSR count). The molecule has 0 radical (unpaired) electrons. The molecule has 1 aromatic carbocycles. The van der Waals surface area contributed by atoms with Crippen molar-refractivity contribution in [2.45, 2.75) is 0 Å². The van der Waals surface area contributed by atoms with E-state index in [0.717, 1.165) is 48.3 Å². The minimum atomic E-state index is 0.960. The van der Waals surface area contributed by atoms with Crippen LogP contribution < -0.4 is 9.80 Å². The highest BCUT2D eigenvalue weighted by molar-refractivity contribution is 5.85. The van der Waals surface area contributed by atoms with Crippen LogP contribution in [0.5, 0.6) is 0 Å². The number of benzene rings is 1. The molecule has 0 unspecified atom stereocenters. The van der Waals surface area contributed by atoms with Crippen molar-refractivity contribution in [3.63, 3.8) is 0 Å². The zero-order chi connectivity index (χ0) is 18.8. The van der Waals surface area contributed by atoms with Crippen molar-refractivity contribution < 1.29 is 0 Å². The van der Waals surface area contributed by atoms with Crippen LogP contribution in [0.15, 0.2) is 79.4 Å². The number of fused-ring (bicyclic) bond motifs is 1. The van der Waals surface area contributed by atoms with Crippen LogP contribution in [0.2, 0.25) is 0 Å². The number of anilines is 2. The van der Waals surface area contributed by atoms with Crippen LogP contribution in [-0.2, 0) is 0 Å². The first-order valence-electron chi connectivity index (χ1n) is 9.58. The Labute approximate surface area is 164 Å². The number of hydrogen-bond donors (Lipinski definition) is 0. The van der Waals surface area contributed by atoms with Crippen molar-refractivity contribution in [1.29, 1.82) is 0 Å². The summed E-state index contributed by atoms with van der Waals surface area (Å²) in [5, 5.41) is 1.14. The molecule has 0 bridgehead atoms. The second-order valence-corrected chi connectivity index (χ2v) is 6.97. The molecule has 0 amide bonds. The van der Waals surface area contributed by atoms with Gasteiger partial charge in [-0.2, -0.15) is 0 Å². The van der Waals surface area contributed by atoms with Crippen molar-refractivity contribution in [2.75, 3.05) is 36.0 Å². The van der Waals surface area contributed by atoms with Gasteiger partial charge in [-0.1, -0.05) is 18.2 Å². The van der Waals surface area contributed by atoms with E-state index >= 15 is 0 Å². The molecule has 0 spiro atoms. The highest BCUT2D eigenvalue weighted by Gasteiger charge is 2.20. The van der Waals surface area contributed by atoms with Gasteiger partial charge in [0.1, 0.15) is 0 Å². The maximum absolute atomic E-state index is 4.70. The molecule has 1 fully saturated rings. The first-order valence-corrected chi connectivity index (χ1v) is 9.58. The van der Waals surface area contributed by atoms with Gasteiger partial charge in [0.25, 0.3) is 0 Å². The third kappa shape index (κ3) is 3.16. The molecule has 5 heteroatoms. The molecule has 28 heavy (non-hydrogen) atoms. The molecule has 1 aliphatic rings. The van der Waals surface area contributed by atoms with Gasteiger partial charge in [-0.3, -0.25) is 15.0 Å². The summed E-state index contributed by atoms with van der Waals surface area (Å²) < 4.78 is 0. The van der Waals surface area contributed by atoms with Crippen molar-refractivity contribution in [1.82, 2.24) is 15.0 Å². The lowest BCUT2D eigenvalue weighted by atomic mass is 10.1. The van der Waals surface area contributed by atoms with E-state index in [9.17, 15) is 0 Å². The molecule has 4 heterocycles. The topological polar surface area (TPSA) is 45.2 Å². The third-order valence-electron chi connectivity index (χ3n) is 5.30. The lowest BCUT2D eigenvalue weighted by Gasteiger charge is -2.37. The van der Waals surface area contributed by atoms with Gasteiger partial charge < -0.3 is 9.80 Å². The standard InChI is InChI=1S/C23H21N5/c1-2-5-21-18(4-1)16-19(17-26-21)23-22(6-3-9-25-23)28-14-12-27(13-15-28)20-7-10-24-11-8-20/h1-11,16-17H,12-15H2. The SMILES string of the molecule is c1cnc(-c2cnc3ccccc3c2)c(N2CCN(c3ccncc3)CC2)c1. The Bertz CT molecular complexity index is 1090. The van der Waals surface area contributed by atoms with E-state index in [0.29, 0.717) is 0 Å². The van der Waals surface area contributed by atoms with E-state index in [1.54, 1.807) is 0 Å². The highest BCUT2D eigenvalue weighted by Crippen LogP contribution is 2.31. The molecule has 5 nitrogen and oxygen atoms in total. The normalized spacial score (nSPS) is 14.4. The van der Waals surface area contributed by atoms with E-state index in [2.05, 4.69) is 50.1 Å². The average Bonchev–Trinajstić information content (AvgIpc) is 2.79. The largest absolute Gasteiger partial charge is 0.368 e. The molecule has 1 saturated heterocycles. The maximum Gasteiger partial charge on any atom is 0.0950 e. The fraction of sp³-hybridized carbons (Fsp3) is 0.174. The van der Waals surface area contributed by atoms with Gasteiger partial charge >= 0.3 is 0 Å². The average molecular weight is 367 g/mol. The molecule has 0 saturated carbocycles. The number of hydrogen-bond acceptors (Lipinski definition) is 5. The van der Waals surface area contributed by atoms with Crippen LogP contribution in [0, 0.1) is 0 Å². The Morgan fingerprint density at radius 2 is 1.50 bits per heavy atom. The molecule has 4 aromatic rings. The van der Waals surface area contributed by atoms with Gasteiger partial charge in [0.2, 0.25) is 0 Å². The fourth-order valence-corrected chi connectivity index (χ4v) is 3.84. The molecule has 138 valence electrons. The minimum absolute atomic E-state index is 0.960. The smallest absolute Gasteiger partial charge is 0.0950 e. The minimum Gasteiger partial charge on any atom is -0.368 e. The van der Waals surface area contributed by atoms with Crippen LogP contribution in [0.3, 0.4) is 0 Å². The van der Waals surface area contributed by atoms with Gasteiger partial charge in [-0.25, -0.2) is 0 Å². The molecular formula is C23H21N5. The molecule has 1 aliphatic heterocycles. The van der Waals surface area contributed by atoms with E-state index in [-0.39, 0.29) is 0 Å². The quantitative estimate of drug-likeness (QED) is 0.547. The zero-order valence-corrected chi connectivity index (χ0v) is 15.6. The van der Waals surface area contributed by atoms with Crippen molar-refractivity contribution >= 4 is 22.3 Å². The Morgan fingerprint density at radius 1 is 0.714 bits per heavy atom. The summed E-state index contributed by atoms with van der Waals surface area (Å²) in [6, 6.07) is 18.7. The van der Waals surface area contributed by atoms with E-state index in [4.69, 9.17) is 4.98 Å². The van der Waals surface area contributed by atoms with Crippen molar-refractivity contribution in [3.8, 4) is 11.3 Å². The second-order valence-electron chi connectivity index (χ2n) is 6.97. The number of para-hydroxylation sites is 1. The van der Waals surface area contributed by atoms with Crippen molar-refractivity contribution in [2.24, 2.45) is 0 Å². The lowest BCUT2D eigenvalue weighted by Crippen LogP contribution is -2.46. The Morgan fingerprint density at radius 3 is 2.36 bits per heavy atom. The number of rotatable bonds is 3. The summed E-state index contributed by atoms with van der Waals surface area (Å²) in [4.78, 5) is 18.3. The molecule has 3 aromatic heterocycles. The van der Waals surface area contributed by atoms with E-state index < -0.39 is 0 Å². The zero-order valence-electron chi connectivity index (χ0n) is 15.6. The van der Waals surface area contributed by atoms with Crippen LogP contribution in [0.4, 0.5) is 11.4 Å². The molecule has 0 atom stereocenters. The number of piperazine rings is 1. The maximum atomic E-state index is 4.70. The highest BCUT2D eigenvalue weighted by atomic mass is 15.3. The van der Waals surface area contributed by atoms with E-state index in [1.807, 2.05) is 49.1 Å². The summed E-state index contributed by atoms with van der Waals surface area (Å²) in [7, 11) is 0. The Kier molecular flexibility index (Phi) is 4.33. The van der Waals surface area contributed by atoms with Gasteiger partial charge in [-0.15, -0.1) is 0 Å². The lowest BCUT2D eigenvalue weighted by molar-refractivity contribution is 0.653. The number of pyridine rings is 3. The third-order valence-corrected chi connectivity index (χ3v) is 5.30. The van der Waals surface area contributed by atoms with Crippen LogP contribution in [0.1, 0.15) is 0 Å². The summed E-state index contributed by atoms with van der Waals surface area (Å²) in [5.74, 6) is 0. The fourth-order valence-electron chi connectivity index (χ4n) is 3.84. The first kappa shape index (κ1) is 16.7. The van der Waals surface area contributed by atoms with Gasteiger partial charge in [0, 0.05) is 67.6 Å². The van der Waals surface area contributed by atoms with Crippen LogP contribution in [-0.4, -0.2) is 41.1 Å². The molecule has 0 N–H and O–H groups in total. The monoisotopic (exact) mass is 367 g/mol. The Balaban J connectivity index is 1.42. The van der Waals surface area contributed by atoms with Gasteiger partial charge in [0.05, 0.1) is 16.9 Å². The first-order chi connectivity index (χ1) is 13.9. The van der Waals surface area contributed by atoms with Gasteiger partial charge in [0.15, 0.2) is 0 Å². The summed E-state index contributed by atoms with van der Waals surface area (Å²) in [6.07, 6.45) is 7.50. The summed E-state index contributed by atoms with van der Waals surface area (Å²) in [6.45, 7) is 3.88. The van der Waals surface area contributed by atoms with Crippen molar-refractivity contribution in [3.05, 3.63) is 79.4 Å². The van der Waals surface area contributed by atoms with Crippen LogP contribution in [0.25, 0.3) is 22.2 Å². The second kappa shape index (κ2) is 7.27. The predicted octanol–water partition coefficient (Wildman–Crippen LogP) is 4.02. The summed E-state index contributed by atoms with van der Waals surface area (Å²) in [5.41, 5.74) is 5.48.